The van der Waals surface area contributed by atoms with Crippen molar-refractivity contribution in [1.29, 1.82) is 0 Å². The molecule has 0 amide bonds. The molecule has 0 aliphatic rings. The SMILES string of the molecule is CCCCCCCCCCCCCCCC(=O)O[C@H](COC(=O)CCCCCCCCCCCCCC(C)C)COC(=O)CCCCCCCCC(C)C. The Morgan fingerprint density at radius 2 is 0.611 bits per heavy atom. The van der Waals surface area contributed by atoms with Crippen molar-refractivity contribution in [2.45, 2.75) is 265 Å². The van der Waals surface area contributed by atoms with Gasteiger partial charge in [0.2, 0.25) is 0 Å². The second kappa shape index (κ2) is 41.1. The first-order valence-electron chi connectivity index (χ1n) is 23.7. The Bertz CT molecular complexity index is 824. The highest BCUT2D eigenvalue weighted by Gasteiger charge is 2.19. The van der Waals surface area contributed by atoms with Crippen LogP contribution in [-0.2, 0) is 28.6 Å². The highest BCUT2D eigenvalue weighted by Crippen LogP contribution is 2.17. The minimum absolute atomic E-state index is 0.0652. The number of ether oxygens (including phenoxy) is 3. The second-order valence-corrected chi connectivity index (χ2v) is 17.3. The molecule has 6 heteroatoms. The Balaban J connectivity index is 4.31. The summed E-state index contributed by atoms with van der Waals surface area (Å²) in [6, 6.07) is 0. The number of carbonyl (C=O) groups is 3. The molecular formula is C48H92O6. The summed E-state index contributed by atoms with van der Waals surface area (Å²) in [5.41, 5.74) is 0. The smallest absolute Gasteiger partial charge is 0.306 e. The topological polar surface area (TPSA) is 78.9 Å². The van der Waals surface area contributed by atoms with Gasteiger partial charge in [-0.3, -0.25) is 14.4 Å². The van der Waals surface area contributed by atoms with Gasteiger partial charge < -0.3 is 14.2 Å². The fourth-order valence-electron chi connectivity index (χ4n) is 7.11. The normalized spacial score (nSPS) is 12.1. The first kappa shape index (κ1) is 52.4. The molecule has 0 aliphatic carbocycles. The maximum absolute atomic E-state index is 12.7. The molecule has 0 N–H and O–H groups in total. The van der Waals surface area contributed by atoms with Crippen molar-refractivity contribution in [3.05, 3.63) is 0 Å². The van der Waals surface area contributed by atoms with E-state index in [0.29, 0.717) is 19.3 Å². The summed E-state index contributed by atoms with van der Waals surface area (Å²) < 4.78 is 16.7. The van der Waals surface area contributed by atoms with E-state index in [0.717, 1.165) is 69.6 Å². The second-order valence-electron chi connectivity index (χ2n) is 17.3. The Kier molecular flexibility index (Phi) is 39.8. The molecule has 0 aromatic carbocycles. The zero-order valence-corrected chi connectivity index (χ0v) is 36.8. The third-order valence-electron chi connectivity index (χ3n) is 10.7. The van der Waals surface area contributed by atoms with Crippen LogP contribution in [0.15, 0.2) is 0 Å². The maximum atomic E-state index is 12.7. The van der Waals surface area contributed by atoms with E-state index < -0.39 is 6.10 Å². The largest absolute Gasteiger partial charge is 0.462 e. The summed E-state index contributed by atoms with van der Waals surface area (Å²) in [5.74, 6) is 0.731. The van der Waals surface area contributed by atoms with Crippen LogP contribution in [0.2, 0.25) is 0 Å². The molecule has 320 valence electrons. The first-order valence-corrected chi connectivity index (χ1v) is 23.7. The lowest BCUT2D eigenvalue weighted by Gasteiger charge is -2.18. The molecule has 0 heterocycles. The number of hydrogen-bond donors (Lipinski definition) is 0. The Labute approximate surface area is 336 Å². The van der Waals surface area contributed by atoms with E-state index in [2.05, 4.69) is 34.6 Å². The zero-order chi connectivity index (χ0) is 39.7. The Morgan fingerprint density at radius 1 is 0.352 bits per heavy atom. The molecule has 0 aromatic rings. The van der Waals surface area contributed by atoms with Crippen LogP contribution in [-0.4, -0.2) is 37.2 Å². The van der Waals surface area contributed by atoms with Crippen molar-refractivity contribution in [3.8, 4) is 0 Å². The molecule has 0 fully saturated rings. The summed E-state index contributed by atoms with van der Waals surface area (Å²) in [5, 5.41) is 0. The van der Waals surface area contributed by atoms with Crippen molar-refractivity contribution < 1.29 is 28.6 Å². The van der Waals surface area contributed by atoms with Crippen LogP contribution in [0.25, 0.3) is 0 Å². The Morgan fingerprint density at radius 3 is 0.907 bits per heavy atom. The summed E-state index contributed by atoms with van der Waals surface area (Å²) in [6.45, 7) is 11.3. The van der Waals surface area contributed by atoms with Gasteiger partial charge in [0.15, 0.2) is 6.10 Å². The van der Waals surface area contributed by atoms with E-state index in [-0.39, 0.29) is 31.1 Å². The molecule has 0 bridgehead atoms. The van der Waals surface area contributed by atoms with Crippen molar-refractivity contribution in [2.24, 2.45) is 11.8 Å². The van der Waals surface area contributed by atoms with Crippen LogP contribution in [0.5, 0.6) is 0 Å². The molecule has 0 saturated heterocycles. The van der Waals surface area contributed by atoms with E-state index in [1.165, 1.54) is 148 Å². The van der Waals surface area contributed by atoms with E-state index >= 15 is 0 Å². The lowest BCUT2D eigenvalue weighted by atomic mass is 10.0. The predicted molar refractivity (Wildman–Crippen MR) is 229 cm³/mol. The lowest BCUT2D eigenvalue weighted by molar-refractivity contribution is -0.167. The maximum Gasteiger partial charge on any atom is 0.306 e. The fraction of sp³-hybridized carbons (Fsp3) is 0.938. The van der Waals surface area contributed by atoms with Crippen LogP contribution in [0.3, 0.4) is 0 Å². The van der Waals surface area contributed by atoms with Gasteiger partial charge in [0.25, 0.3) is 0 Å². The molecule has 0 unspecified atom stereocenters. The standard InChI is InChI=1S/C48H92O6/c1-6-7-8-9-10-11-12-13-16-20-23-30-35-40-48(51)54-45(42-53-47(50)39-34-29-25-24-27-32-37-44(4)5)41-52-46(49)38-33-28-22-19-17-14-15-18-21-26-31-36-43(2)3/h43-45H,6-42H2,1-5H3/t45-/m1/s1. The van der Waals surface area contributed by atoms with Crippen molar-refractivity contribution in [3.63, 3.8) is 0 Å². The van der Waals surface area contributed by atoms with Gasteiger partial charge in [-0.05, 0) is 31.1 Å². The number of unbranched alkanes of at least 4 members (excludes halogenated alkanes) is 27. The van der Waals surface area contributed by atoms with Gasteiger partial charge in [-0.15, -0.1) is 0 Å². The number of rotatable bonds is 42. The molecule has 1 atom stereocenters. The molecule has 0 spiro atoms. The van der Waals surface area contributed by atoms with E-state index in [1.807, 2.05) is 0 Å². The Hall–Kier alpha value is -1.59. The third-order valence-corrected chi connectivity index (χ3v) is 10.7. The van der Waals surface area contributed by atoms with Gasteiger partial charge in [-0.1, -0.05) is 221 Å². The minimum Gasteiger partial charge on any atom is -0.462 e. The number of esters is 3. The average molecular weight is 765 g/mol. The fourth-order valence-corrected chi connectivity index (χ4v) is 7.11. The van der Waals surface area contributed by atoms with Crippen LogP contribution in [0.4, 0.5) is 0 Å². The molecule has 0 aromatic heterocycles. The van der Waals surface area contributed by atoms with Crippen LogP contribution in [0.1, 0.15) is 259 Å². The van der Waals surface area contributed by atoms with Gasteiger partial charge in [0.05, 0.1) is 0 Å². The van der Waals surface area contributed by atoms with Crippen LogP contribution >= 0.6 is 0 Å². The summed E-state index contributed by atoms with van der Waals surface area (Å²) in [7, 11) is 0. The molecule has 0 saturated carbocycles. The molecule has 6 nitrogen and oxygen atoms in total. The highest BCUT2D eigenvalue weighted by molar-refractivity contribution is 5.71. The molecule has 0 rings (SSSR count). The predicted octanol–water partition coefficient (Wildman–Crippen LogP) is 15.0. The minimum atomic E-state index is -0.761. The molecule has 0 radical (unpaired) electrons. The van der Waals surface area contributed by atoms with Gasteiger partial charge in [-0.2, -0.15) is 0 Å². The zero-order valence-electron chi connectivity index (χ0n) is 36.8. The quantitative estimate of drug-likeness (QED) is 0.0350. The van der Waals surface area contributed by atoms with E-state index in [9.17, 15) is 14.4 Å². The van der Waals surface area contributed by atoms with Crippen LogP contribution < -0.4 is 0 Å². The molecule has 54 heavy (non-hydrogen) atoms. The van der Waals surface area contributed by atoms with Crippen LogP contribution in [0, 0.1) is 11.8 Å². The van der Waals surface area contributed by atoms with Gasteiger partial charge >= 0.3 is 17.9 Å². The summed E-state index contributed by atoms with van der Waals surface area (Å²) in [4.78, 5) is 37.7. The van der Waals surface area contributed by atoms with E-state index in [1.54, 1.807) is 0 Å². The number of hydrogen-bond acceptors (Lipinski definition) is 6. The highest BCUT2D eigenvalue weighted by atomic mass is 16.6. The monoisotopic (exact) mass is 765 g/mol. The van der Waals surface area contributed by atoms with Gasteiger partial charge in [0.1, 0.15) is 13.2 Å². The first-order chi connectivity index (χ1) is 26.2. The van der Waals surface area contributed by atoms with Crippen molar-refractivity contribution in [2.75, 3.05) is 13.2 Å². The number of carbonyl (C=O) groups excluding carboxylic acids is 3. The summed E-state index contributed by atoms with van der Waals surface area (Å²) >= 11 is 0. The molecular weight excluding hydrogens is 673 g/mol. The van der Waals surface area contributed by atoms with Crippen molar-refractivity contribution >= 4 is 17.9 Å². The summed E-state index contributed by atoms with van der Waals surface area (Å²) in [6.07, 6.45) is 39.5. The van der Waals surface area contributed by atoms with E-state index in [4.69, 9.17) is 14.2 Å². The van der Waals surface area contributed by atoms with Gasteiger partial charge in [-0.25, -0.2) is 0 Å². The molecule has 0 aliphatic heterocycles. The third kappa shape index (κ3) is 41.6. The lowest BCUT2D eigenvalue weighted by Crippen LogP contribution is -2.30. The van der Waals surface area contributed by atoms with Gasteiger partial charge in [0, 0.05) is 19.3 Å². The van der Waals surface area contributed by atoms with Crippen molar-refractivity contribution in [1.82, 2.24) is 0 Å². The average Bonchev–Trinajstić information content (AvgIpc) is 3.14.